The Kier molecular flexibility index (Phi) is 19.0. The predicted molar refractivity (Wildman–Crippen MR) is 397 cm³/mol. The number of hydrogen-bond donors (Lipinski definition) is 3. The quantitative estimate of drug-likeness (QED) is 0.0488. The minimum atomic E-state index is -0.755. The Hall–Kier alpha value is -10.2. The van der Waals surface area contributed by atoms with E-state index in [2.05, 4.69) is 50.9 Å². The molecular formula is C75H82ClN17O13. The zero-order chi connectivity index (χ0) is 72.8. The summed E-state index contributed by atoms with van der Waals surface area (Å²) in [5.41, 5.74) is 16.3. The lowest BCUT2D eigenvalue weighted by Gasteiger charge is -2.25. The first-order valence-electron chi connectivity index (χ1n) is 34.3. The Labute approximate surface area is 613 Å². The number of pyridine rings is 3. The van der Waals surface area contributed by atoms with Gasteiger partial charge >= 0.3 is 0 Å². The van der Waals surface area contributed by atoms with Crippen LogP contribution in [-0.2, 0) is 42.6 Å². The fraction of sp³-hybridized carbons (Fsp3) is 0.387. The fourth-order valence-corrected chi connectivity index (χ4v) is 14.4. The second-order valence-corrected chi connectivity index (χ2v) is 28.5. The van der Waals surface area contributed by atoms with E-state index in [1.54, 1.807) is 24.5 Å². The molecule has 5 N–H and O–H groups in total. The lowest BCUT2D eigenvalue weighted by Crippen LogP contribution is -2.33. The molecule has 6 fully saturated rings. The lowest BCUT2D eigenvalue weighted by atomic mass is 10.1. The molecule has 0 unspecified atom stereocenters. The number of H-pyrrole nitrogens is 1. The Morgan fingerprint density at radius 2 is 0.915 bits per heavy atom. The number of anilines is 3. The van der Waals surface area contributed by atoms with Crippen molar-refractivity contribution in [2.24, 2.45) is 4.99 Å². The minimum absolute atomic E-state index is 0. The zero-order valence-corrected chi connectivity index (χ0v) is 59.8. The zero-order valence-electron chi connectivity index (χ0n) is 59.1. The normalized spacial score (nSPS) is 25.1. The summed E-state index contributed by atoms with van der Waals surface area (Å²) in [6, 6.07) is 33.9. The van der Waals surface area contributed by atoms with Crippen molar-refractivity contribution in [3.8, 4) is 17.2 Å². The Morgan fingerprint density at radius 3 is 1.40 bits per heavy atom. The maximum Gasteiger partial charge on any atom is 0.248 e. The van der Waals surface area contributed by atoms with Gasteiger partial charge in [-0.3, -0.25) is 4.79 Å². The van der Waals surface area contributed by atoms with E-state index in [-0.39, 0.29) is 81.1 Å². The van der Waals surface area contributed by atoms with Gasteiger partial charge in [-0.2, -0.15) is 0 Å². The van der Waals surface area contributed by atoms with Crippen LogP contribution in [0.4, 0.5) is 23.3 Å². The Bertz CT molecular complexity index is 5340. The molecule has 6 saturated heterocycles. The van der Waals surface area contributed by atoms with Crippen LogP contribution in [0.3, 0.4) is 0 Å². The van der Waals surface area contributed by atoms with E-state index in [9.17, 15) is 4.79 Å². The van der Waals surface area contributed by atoms with Crippen molar-refractivity contribution in [3.63, 3.8) is 0 Å². The third-order valence-corrected chi connectivity index (χ3v) is 19.1. The van der Waals surface area contributed by atoms with E-state index in [4.69, 9.17) is 84.9 Å². The van der Waals surface area contributed by atoms with Crippen molar-refractivity contribution in [1.29, 1.82) is 0 Å². The van der Waals surface area contributed by atoms with E-state index >= 15 is 0 Å². The average Bonchev–Trinajstić information content (AvgIpc) is 1.60. The molecule has 6 aliphatic heterocycles. The van der Waals surface area contributed by atoms with Gasteiger partial charge in [0.1, 0.15) is 151 Å². The molecule has 30 nitrogen and oxygen atoms in total. The van der Waals surface area contributed by atoms with E-state index in [0.717, 1.165) is 54.9 Å². The third-order valence-electron chi connectivity index (χ3n) is 18.9. The molecule has 0 bridgehead atoms. The second-order valence-electron chi connectivity index (χ2n) is 28.1. The van der Waals surface area contributed by atoms with Crippen LogP contribution in [0.2, 0.25) is 5.15 Å². The Morgan fingerprint density at radius 1 is 0.509 bits per heavy atom. The topological polar surface area (TPSA) is 332 Å². The molecule has 0 amide bonds. The molecule has 0 radical (unpaired) electrons. The smallest absolute Gasteiger partial charge is 0.248 e. The molecule has 31 heteroatoms. The van der Waals surface area contributed by atoms with E-state index < -0.39 is 36.0 Å². The molecule has 106 heavy (non-hydrogen) atoms. The number of aromatic amines is 1. The van der Waals surface area contributed by atoms with Gasteiger partial charge in [0.2, 0.25) is 5.56 Å². The number of nitrogens with zero attached hydrogens (tertiary/aromatic N) is 14. The summed E-state index contributed by atoms with van der Waals surface area (Å²) in [7, 11) is 7.76. The summed E-state index contributed by atoms with van der Waals surface area (Å²) in [5.74, 6) is 2.08. The van der Waals surface area contributed by atoms with Crippen LogP contribution in [0, 0.1) is 0 Å². The van der Waals surface area contributed by atoms with Crippen molar-refractivity contribution in [3.05, 3.63) is 162 Å². The van der Waals surface area contributed by atoms with Crippen LogP contribution >= 0.6 is 11.6 Å². The molecule has 0 saturated carbocycles. The highest BCUT2D eigenvalue weighted by atomic mass is 35.5. The summed E-state index contributed by atoms with van der Waals surface area (Å²) in [4.78, 5) is 57.6. The number of hydrogen-bond acceptors (Lipinski definition) is 25. The molecule has 12 atom stereocenters. The molecule has 9 aromatic heterocycles. The van der Waals surface area contributed by atoms with Gasteiger partial charge in [-0.05, 0) is 132 Å². The van der Waals surface area contributed by atoms with E-state index in [0.29, 0.717) is 63.2 Å². The van der Waals surface area contributed by atoms with Gasteiger partial charge in [-0.1, -0.05) is 19.0 Å². The number of nitrogen functional groups attached to an aromatic ring is 2. The number of nitrogens with two attached hydrogens (primary N) is 2. The molecule has 0 aliphatic carbocycles. The summed E-state index contributed by atoms with van der Waals surface area (Å²) >= 11 is 6.06. The number of nitrogens with one attached hydrogen (secondary N) is 1. The number of ether oxygens (including phenoxy) is 12. The van der Waals surface area contributed by atoms with Crippen molar-refractivity contribution in [2.75, 3.05) is 64.4 Å². The largest absolute Gasteiger partial charge is 0.491 e. The standard InChI is InChI=1S/C26H27ClN6O4.C25H28N6O4.C23H23N5O5.CH4/c1-26(2)36-21-19(12-34-16-7-5-15-6-8-20(27)31-18(15)11-16)35-25(22(21)37-26)33-10-9-17-23(30-14-32(3)4)28-13-29-24(17)33;1-25(2)34-20-18(12-32-15-7-5-14-6-8-19(30(3)4)29-17(14)11-15)33-24(21(20)35-25)31-10-9-16-22(26)27-13-28-23(16)31;1-23(2)32-18-16(10-30-13-5-3-12-4-6-17(29)27-15(12)9-13)31-22(19(18)33-23)28-8-7-14-20(24)25-11-26-21(14)28;/h5-11,13-14,19,21-22,25H,12H2,1-4H3;5-11,13,18,20-21,24H,12H2,1-4H3,(H2,26,27,28);3-9,11,16,18-19,22H,10H2,1-2H3,(H,27,29)(H2,24,25,26);1H4/t19-,21-,22-,25-;18-,20-,21-,24-;16-,18-,19-,22-;/m111./s1. The first kappa shape index (κ1) is 71.4. The van der Waals surface area contributed by atoms with Gasteiger partial charge in [0.15, 0.2) is 41.9 Å². The van der Waals surface area contributed by atoms with Gasteiger partial charge in [-0.15, -0.1) is 0 Å². The monoisotopic (exact) mass is 1460 g/mol. The fourth-order valence-electron chi connectivity index (χ4n) is 14.2. The van der Waals surface area contributed by atoms with Crippen LogP contribution in [-0.4, -0.2) is 190 Å². The van der Waals surface area contributed by atoms with Gasteiger partial charge in [-0.25, -0.2) is 44.9 Å². The number of halogens is 1. The first-order chi connectivity index (χ1) is 50.4. The molecule has 552 valence electrons. The second kappa shape index (κ2) is 28.2. The molecule has 3 aromatic carbocycles. The number of rotatable bonds is 15. The molecule has 12 aromatic rings. The average molecular weight is 1470 g/mol. The molecule has 6 aliphatic rings. The highest BCUT2D eigenvalue weighted by Crippen LogP contribution is 2.48. The number of benzene rings is 3. The van der Waals surface area contributed by atoms with Gasteiger partial charge in [0.05, 0.1) is 39.0 Å². The van der Waals surface area contributed by atoms with Crippen LogP contribution in [0.25, 0.3) is 65.8 Å². The summed E-state index contributed by atoms with van der Waals surface area (Å²) < 4.78 is 80.9. The number of aromatic nitrogens is 12. The van der Waals surface area contributed by atoms with Crippen LogP contribution < -0.4 is 36.1 Å². The van der Waals surface area contributed by atoms with Gasteiger partial charge in [0.25, 0.3) is 0 Å². The Balaban J connectivity index is 0.000000127. The summed E-state index contributed by atoms with van der Waals surface area (Å²) in [6.07, 6.45) is 7.33. The highest BCUT2D eigenvalue weighted by molar-refractivity contribution is 6.29. The van der Waals surface area contributed by atoms with Crippen molar-refractivity contribution < 1.29 is 56.8 Å². The predicted octanol–water partition coefficient (Wildman–Crippen LogP) is 10.5. The number of fused-ring (bicyclic) bond motifs is 9. The number of aliphatic imine (C=N–C) groups is 1. The third kappa shape index (κ3) is 14.1. The molecule has 18 rings (SSSR count). The van der Waals surface area contributed by atoms with Gasteiger partial charge < -0.3 is 96.8 Å². The highest BCUT2D eigenvalue weighted by Gasteiger charge is 2.59. The summed E-state index contributed by atoms with van der Waals surface area (Å²) in [5, 5.41) is 5.74. The lowest BCUT2D eigenvalue weighted by molar-refractivity contribution is -0.199. The van der Waals surface area contributed by atoms with E-state index in [1.165, 1.54) is 25.0 Å². The van der Waals surface area contributed by atoms with E-state index in [1.807, 2.05) is 191 Å². The molecular weight excluding hydrogens is 1380 g/mol. The van der Waals surface area contributed by atoms with Crippen molar-refractivity contribution in [1.82, 2.24) is 63.5 Å². The van der Waals surface area contributed by atoms with Crippen molar-refractivity contribution in [2.45, 2.75) is 140 Å². The van der Waals surface area contributed by atoms with Crippen LogP contribution in [0.1, 0.15) is 67.7 Å². The van der Waals surface area contributed by atoms with Crippen LogP contribution in [0.5, 0.6) is 17.2 Å². The first-order valence-corrected chi connectivity index (χ1v) is 34.7. The van der Waals surface area contributed by atoms with Crippen molar-refractivity contribution >= 4 is 107 Å². The molecule has 15 heterocycles. The molecule has 0 spiro atoms. The maximum atomic E-state index is 11.6. The van der Waals surface area contributed by atoms with Gasteiger partial charge in [0, 0.05) is 81.8 Å². The maximum absolute atomic E-state index is 11.6. The summed E-state index contributed by atoms with van der Waals surface area (Å²) in [6.45, 7) is 12.2. The SMILES string of the molecule is C.CC1(C)O[C@@H]2[C@H](O1)[C@@H](COc1ccc3ccc(=O)[nH]c3c1)O[C@H]2n1ccc2c(N)ncnc21.CN(C)C=Nc1ncnc2c1ccn2[C@@H]1O[C@H](COc2ccc3ccc(Cl)nc3c2)[C@H]2OC(C)(C)O[C@H]21.CN(C)c1ccc2ccc(OC[C@H]3O[C@@H](n4ccc5c(N)ncnc54)[C@@H]4OC(C)(C)O[C@@H]43)cc2n1. The minimum Gasteiger partial charge on any atom is -0.491 e. The van der Waals surface area contributed by atoms with Crippen LogP contribution in [0.15, 0.2) is 157 Å².